The topological polar surface area (TPSA) is 20.3 Å². The van der Waals surface area contributed by atoms with E-state index in [1.165, 1.54) is 22.1 Å². The molecule has 0 aromatic heterocycles. The summed E-state index contributed by atoms with van der Waals surface area (Å²) in [5, 5.41) is 2.75. The molecule has 4 aromatic carbocycles. The van der Waals surface area contributed by atoms with E-state index in [0.717, 1.165) is 10.7 Å². The van der Waals surface area contributed by atoms with Crippen LogP contribution in [-0.4, -0.2) is 16.9 Å². The molecule has 1 saturated heterocycles. The van der Waals surface area contributed by atoms with Crippen molar-refractivity contribution in [2.45, 2.75) is 24.0 Å². The predicted molar refractivity (Wildman–Crippen MR) is 135 cm³/mol. The fourth-order valence-electron chi connectivity index (χ4n) is 6.02. The van der Waals surface area contributed by atoms with E-state index < -0.39 is 12.4 Å². The van der Waals surface area contributed by atoms with Gasteiger partial charge >= 0.3 is 0 Å². The zero-order chi connectivity index (χ0) is 21.9. The molecule has 2 nitrogen and oxygen atoms in total. The Morgan fingerprint density at radius 2 is 1.50 bits per heavy atom. The minimum absolute atomic E-state index is 0.0320. The van der Waals surface area contributed by atoms with Gasteiger partial charge in [-0.2, -0.15) is 0 Å². The van der Waals surface area contributed by atoms with E-state index in [2.05, 4.69) is 128 Å². The van der Waals surface area contributed by atoms with Crippen LogP contribution in [0.15, 0.2) is 103 Å². The summed E-state index contributed by atoms with van der Waals surface area (Å²) < 4.78 is 17.5. The summed E-state index contributed by atoms with van der Waals surface area (Å²) in [7, 11) is -0.929. The molecule has 4 atom stereocenters. The lowest BCUT2D eigenvalue weighted by atomic mass is 9.73. The lowest BCUT2D eigenvalue weighted by molar-refractivity contribution is 0.364. The molecular weight excluding hydrogens is 409 g/mol. The highest BCUT2D eigenvalue weighted by Crippen LogP contribution is 2.76. The molecule has 0 spiro atoms. The summed E-state index contributed by atoms with van der Waals surface area (Å²) in [6.07, 6.45) is 4.41. The van der Waals surface area contributed by atoms with Gasteiger partial charge in [-0.25, -0.2) is 4.67 Å². The van der Waals surface area contributed by atoms with E-state index in [9.17, 15) is 0 Å². The first-order valence-corrected chi connectivity index (χ1v) is 12.9. The van der Waals surface area contributed by atoms with Gasteiger partial charge in [0.2, 0.25) is 0 Å². The van der Waals surface area contributed by atoms with Crippen LogP contribution in [0, 0.1) is 0 Å². The molecular formula is C29H26NOP. The van der Waals surface area contributed by atoms with E-state index >= 15 is 4.57 Å². The van der Waals surface area contributed by atoms with Gasteiger partial charge < -0.3 is 4.57 Å². The monoisotopic (exact) mass is 435 g/mol. The fourth-order valence-corrected chi connectivity index (χ4v) is 9.76. The molecule has 1 fully saturated rings. The summed E-state index contributed by atoms with van der Waals surface area (Å²) in [4.78, 5) is 0. The average Bonchev–Trinajstić information content (AvgIpc) is 3.03. The van der Waals surface area contributed by atoms with Crippen LogP contribution >= 0.6 is 7.29 Å². The molecule has 1 aliphatic carbocycles. The van der Waals surface area contributed by atoms with Gasteiger partial charge in [0, 0.05) is 17.3 Å². The van der Waals surface area contributed by atoms with Crippen LogP contribution < -0.4 is 5.30 Å². The predicted octanol–water partition coefficient (Wildman–Crippen LogP) is 7.00. The second-order valence-corrected chi connectivity index (χ2v) is 12.5. The molecule has 0 saturated carbocycles. The molecule has 6 rings (SSSR count). The highest BCUT2D eigenvalue weighted by Gasteiger charge is 2.63. The third-order valence-corrected chi connectivity index (χ3v) is 11.4. The largest absolute Gasteiger partial charge is 0.300 e. The molecule has 0 radical (unpaired) electrons. The lowest BCUT2D eigenvalue weighted by Crippen LogP contribution is -2.33. The normalized spacial score (nSPS) is 29.1. The van der Waals surface area contributed by atoms with Gasteiger partial charge in [0.05, 0.1) is 5.16 Å². The Balaban J connectivity index is 1.63. The summed E-state index contributed by atoms with van der Waals surface area (Å²) in [5.74, 6) is 0.105. The van der Waals surface area contributed by atoms with Crippen LogP contribution in [0.4, 0.5) is 0 Å². The van der Waals surface area contributed by atoms with Crippen LogP contribution in [-0.2, 0) is 4.57 Å². The fraction of sp³-hybridized carbons (Fsp3) is 0.172. The van der Waals surface area contributed by atoms with Crippen molar-refractivity contribution in [2.24, 2.45) is 0 Å². The summed E-state index contributed by atoms with van der Waals surface area (Å²) in [6, 6.07) is 33.9. The van der Waals surface area contributed by atoms with Crippen molar-refractivity contribution in [1.82, 2.24) is 4.67 Å². The molecule has 4 aromatic rings. The third-order valence-electron chi connectivity index (χ3n) is 7.60. The second-order valence-electron chi connectivity index (χ2n) is 9.20. The van der Waals surface area contributed by atoms with E-state index in [4.69, 9.17) is 0 Å². The quantitative estimate of drug-likeness (QED) is 0.316. The molecule has 158 valence electrons. The van der Waals surface area contributed by atoms with E-state index in [0.29, 0.717) is 0 Å². The number of allylic oxidation sites excluding steroid dienone is 1. The van der Waals surface area contributed by atoms with Crippen LogP contribution in [0.1, 0.15) is 35.6 Å². The number of hydrogen-bond donors (Lipinski definition) is 0. The summed E-state index contributed by atoms with van der Waals surface area (Å²) in [6.45, 7) is 2.21. The maximum absolute atomic E-state index is 15.3. The molecule has 1 aliphatic heterocycles. The first-order chi connectivity index (χ1) is 15.5. The third kappa shape index (κ3) is 2.54. The van der Waals surface area contributed by atoms with Crippen molar-refractivity contribution in [2.75, 3.05) is 7.05 Å². The molecule has 3 heteroatoms. The maximum atomic E-state index is 15.3. The smallest absolute Gasteiger partial charge is 0.188 e. The molecule has 0 N–H and O–H groups in total. The van der Waals surface area contributed by atoms with E-state index in [-0.39, 0.29) is 12.0 Å². The van der Waals surface area contributed by atoms with Gasteiger partial charge in [-0.3, -0.25) is 0 Å². The van der Waals surface area contributed by atoms with E-state index in [1.807, 2.05) is 0 Å². The highest BCUT2D eigenvalue weighted by atomic mass is 31.2. The number of benzene rings is 4. The Labute approximate surface area is 189 Å². The SMILES string of the molecule is CN1[C@H](c2ccccc2)[C@H]2c3ccccc3C=C[C@@]2(C)P1(=O)c1ccc2ccccc2c1. The van der Waals surface area contributed by atoms with Gasteiger partial charge in [-0.05, 0) is 53.6 Å². The van der Waals surface area contributed by atoms with Crippen molar-refractivity contribution in [3.63, 3.8) is 0 Å². The molecule has 1 heterocycles. The number of likely N-dealkylation sites (N-methyl/N-ethyl adjacent to an activating group) is 1. The van der Waals surface area contributed by atoms with Crippen LogP contribution in [0.2, 0.25) is 0 Å². The number of fused-ring (bicyclic) bond motifs is 4. The Morgan fingerprint density at radius 3 is 2.31 bits per heavy atom. The van der Waals surface area contributed by atoms with Crippen molar-refractivity contribution in [1.29, 1.82) is 0 Å². The van der Waals surface area contributed by atoms with Crippen LogP contribution in [0.25, 0.3) is 16.8 Å². The Morgan fingerprint density at radius 1 is 0.812 bits per heavy atom. The Kier molecular flexibility index (Phi) is 4.34. The molecule has 32 heavy (non-hydrogen) atoms. The van der Waals surface area contributed by atoms with Gasteiger partial charge in [-0.15, -0.1) is 0 Å². The summed E-state index contributed by atoms with van der Waals surface area (Å²) in [5.41, 5.74) is 3.74. The van der Waals surface area contributed by atoms with Crippen molar-refractivity contribution in [3.05, 3.63) is 120 Å². The second kappa shape index (κ2) is 7.04. The van der Waals surface area contributed by atoms with Crippen LogP contribution in [0.5, 0.6) is 0 Å². The zero-order valence-corrected chi connectivity index (χ0v) is 19.2. The van der Waals surface area contributed by atoms with Gasteiger partial charge in [0.15, 0.2) is 7.29 Å². The maximum Gasteiger partial charge on any atom is 0.188 e. The van der Waals surface area contributed by atoms with Gasteiger partial charge in [-0.1, -0.05) is 97.1 Å². The Hall–Kier alpha value is -2.93. The lowest BCUT2D eigenvalue weighted by Gasteiger charge is -2.38. The first kappa shape index (κ1) is 19.7. The zero-order valence-electron chi connectivity index (χ0n) is 18.3. The standard InChI is InChI=1S/C29H26NOP/c1-29-19-18-22-11-8-9-15-26(22)27(29)28(23-12-4-3-5-13-23)30(2)32(29,31)25-17-16-21-10-6-7-14-24(21)20-25/h3-20,27-28H,1-2H3/t27-,28-,29-,32?/m1/s1. The van der Waals surface area contributed by atoms with Gasteiger partial charge in [0.25, 0.3) is 0 Å². The van der Waals surface area contributed by atoms with Gasteiger partial charge in [0.1, 0.15) is 0 Å². The minimum atomic E-state index is -2.99. The minimum Gasteiger partial charge on any atom is -0.300 e. The number of nitrogens with zero attached hydrogens (tertiary/aromatic N) is 1. The molecule has 1 unspecified atom stereocenters. The van der Waals surface area contributed by atoms with E-state index in [1.54, 1.807) is 0 Å². The highest BCUT2D eigenvalue weighted by molar-refractivity contribution is 7.71. The molecule has 2 aliphatic rings. The number of hydrogen-bond acceptors (Lipinski definition) is 1. The van der Waals surface area contributed by atoms with Crippen molar-refractivity contribution < 1.29 is 4.57 Å². The van der Waals surface area contributed by atoms with Crippen molar-refractivity contribution >= 4 is 29.4 Å². The van der Waals surface area contributed by atoms with Crippen LogP contribution in [0.3, 0.4) is 0 Å². The molecule has 0 bridgehead atoms. The summed E-state index contributed by atoms with van der Waals surface area (Å²) >= 11 is 0. The van der Waals surface area contributed by atoms with Crippen molar-refractivity contribution in [3.8, 4) is 0 Å². The number of rotatable bonds is 2. The average molecular weight is 436 g/mol. The first-order valence-electron chi connectivity index (χ1n) is 11.2. The Bertz CT molecular complexity index is 1410. The molecule has 0 amide bonds.